The van der Waals surface area contributed by atoms with Crippen LogP contribution in [-0.2, 0) is 0 Å². The van der Waals surface area contributed by atoms with E-state index in [-0.39, 0.29) is 22.5 Å². The van der Waals surface area contributed by atoms with Gasteiger partial charge in [0, 0.05) is 11.4 Å². The van der Waals surface area contributed by atoms with Crippen LogP contribution in [0.15, 0.2) is 59.8 Å². The van der Waals surface area contributed by atoms with Crippen molar-refractivity contribution in [3.8, 4) is 0 Å². The van der Waals surface area contributed by atoms with Gasteiger partial charge in [0.05, 0.1) is 22.5 Å². The van der Waals surface area contributed by atoms with E-state index < -0.39 is 11.9 Å². The third-order valence-corrected chi connectivity index (χ3v) is 3.95. The zero-order valence-electron chi connectivity index (χ0n) is 16.3. The van der Waals surface area contributed by atoms with Gasteiger partial charge in [-0.25, -0.2) is 9.59 Å². The first-order valence-corrected chi connectivity index (χ1v) is 8.74. The third-order valence-electron chi connectivity index (χ3n) is 3.95. The van der Waals surface area contributed by atoms with Gasteiger partial charge in [0.2, 0.25) is 0 Å². The van der Waals surface area contributed by atoms with Gasteiger partial charge in [-0.15, -0.1) is 0 Å². The zero-order chi connectivity index (χ0) is 20.8. The molecule has 0 unspecified atom stereocenters. The van der Waals surface area contributed by atoms with E-state index in [2.05, 4.69) is 10.6 Å². The molecule has 0 saturated heterocycles. The summed E-state index contributed by atoms with van der Waals surface area (Å²) < 4.78 is 0. The Balaban J connectivity index is 2.50. The molecule has 6 heteroatoms. The number of anilines is 3. The predicted molar refractivity (Wildman–Crippen MR) is 112 cm³/mol. The SMILES string of the molecule is CC(C)=C/C=C(\C)Nc1cc(C(=O)O)c(Nc2ccc(C)cc2)cc1C(=O)O. The van der Waals surface area contributed by atoms with Crippen LogP contribution < -0.4 is 10.6 Å². The minimum atomic E-state index is -1.15. The molecule has 4 N–H and O–H groups in total. The van der Waals surface area contributed by atoms with E-state index in [4.69, 9.17) is 0 Å². The first-order chi connectivity index (χ1) is 13.2. The molecule has 2 aromatic carbocycles. The number of carboxylic acid groups (broad SMARTS) is 2. The van der Waals surface area contributed by atoms with Crippen LogP contribution in [0.5, 0.6) is 0 Å². The van der Waals surface area contributed by atoms with Gasteiger partial charge in [-0.2, -0.15) is 0 Å². The molecule has 6 nitrogen and oxygen atoms in total. The van der Waals surface area contributed by atoms with Gasteiger partial charge < -0.3 is 20.8 Å². The molecule has 0 aliphatic carbocycles. The molecule has 0 heterocycles. The van der Waals surface area contributed by atoms with Crippen molar-refractivity contribution in [3.05, 3.63) is 76.5 Å². The quantitative estimate of drug-likeness (QED) is 0.479. The molecular formula is C22H24N2O4. The average molecular weight is 380 g/mol. The van der Waals surface area contributed by atoms with Crippen molar-refractivity contribution >= 4 is 29.0 Å². The second kappa shape index (κ2) is 8.90. The molecule has 0 bridgehead atoms. The molecule has 0 atom stereocenters. The number of hydrogen-bond donors (Lipinski definition) is 4. The Bertz CT molecular complexity index is 953. The van der Waals surface area contributed by atoms with Crippen molar-refractivity contribution < 1.29 is 19.8 Å². The first kappa shape index (κ1) is 20.8. The number of hydrogen-bond acceptors (Lipinski definition) is 4. The summed E-state index contributed by atoms with van der Waals surface area (Å²) in [5, 5.41) is 25.2. The summed E-state index contributed by atoms with van der Waals surface area (Å²) in [6, 6.07) is 10.0. The summed E-state index contributed by atoms with van der Waals surface area (Å²) >= 11 is 0. The third kappa shape index (κ3) is 5.48. The van der Waals surface area contributed by atoms with Crippen molar-refractivity contribution in [2.24, 2.45) is 0 Å². The van der Waals surface area contributed by atoms with E-state index in [1.54, 1.807) is 25.1 Å². The molecule has 0 saturated carbocycles. The second-order valence-electron chi connectivity index (χ2n) is 6.76. The lowest BCUT2D eigenvalue weighted by atomic mass is 10.0. The number of allylic oxidation sites excluding steroid dienone is 4. The Labute approximate surface area is 164 Å². The molecule has 146 valence electrons. The number of aryl methyl sites for hydroxylation is 1. The minimum Gasteiger partial charge on any atom is -0.478 e. The van der Waals surface area contributed by atoms with Crippen LogP contribution in [0.2, 0.25) is 0 Å². The van der Waals surface area contributed by atoms with Crippen molar-refractivity contribution in [1.29, 1.82) is 0 Å². The van der Waals surface area contributed by atoms with Crippen molar-refractivity contribution in [3.63, 3.8) is 0 Å². The summed E-state index contributed by atoms with van der Waals surface area (Å²) in [5.74, 6) is -2.30. The molecule has 28 heavy (non-hydrogen) atoms. The van der Waals surface area contributed by atoms with Crippen LogP contribution >= 0.6 is 0 Å². The number of aromatic carboxylic acids is 2. The zero-order valence-corrected chi connectivity index (χ0v) is 16.3. The molecule has 0 fully saturated rings. The van der Waals surface area contributed by atoms with Gasteiger partial charge in [-0.1, -0.05) is 29.3 Å². The Morgan fingerprint density at radius 3 is 1.93 bits per heavy atom. The molecule has 2 aromatic rings. The number of rotatable bonds is 7. The Morgan fingerprint density at radius 1 is 0.857 bits per heavy atom. The van der Waals surface area contributed by atoms with E-state index in [1.165, 1.54) is 12.1 Å². The van der Waals surface area contributed by atoms with Crippen LogP contribution in [-0.4, -0.2) is 22.2 Å². The summed E-state index contributed by atoms with van der Waals surface area (Å²) in [6.45, 7) is 7.62. The smallest absolute Gasteiger partial charge is 0.337 e. The highest BCUT2D eigenvalue weighted by Crippen LogP contribution is 2.29. The Kier molecular flexibility index (Phi) is 6.60. The fourth-order valence-electron chi connectivity index (χ4n) is 2.50. The van der Waals surface area contributed by atoms with E-state index >= 15 is 0 Å². The summed E-state index contributed by atoms with van der Waals surface area (Å²) in [5.41, 5.74) is 3.90. The van der Waals surface area contributed by atoms with Gasteiger partial charge in [0.25, 0.3) is 0 Å². The molecular weight excluding hydrogens is 356 g/mol. The Hall–Kier alpha value is -3.54. The maximum atomic E-state index is 11.8. The van der Waals surface area contributed by atoms with Crippen molar-refractivity contribution in [2.45, 2.75) is 27.7 Å². The van der Waals surface area contributed by atoms with Gasteiger partial charge in [0.15, 0.2) is 0 Å². The lowest BCUT2D eigenvalue weighted by molar-refractivity contribution is 0.0683. The molecule has 0 radical (unpaired) electrons. The Morgan fingerprint density at radius 2 is 1.39 bits per heavy atom. The average Bonchev–Trinajstić information content (AvgIpc) is 2.62. The van der Waals surface area contributed by atoms with Crippen molar-refractivity contribution in [1.82, 2.24) is 0 Å². The number of nitrogens with one attached hydrogen (secondary N) is 2. The molecule has 0 aromatic heterocycles. The first-order valence-electron chi connectivity index (χ1n) is 8.74. The minimum absolute atomic E-state index is 0.0236. The van der Waals surface area contributed by atoms with E-state index in [0.29, 0.717) is 11.4 Å². The highest BCUT2D eigenvalue weighted by atomic mass is 16.4. The maximum absolute atomic E-state index is 11.8. The van der Waals surface area contributed by atoms with Gasteiger partial charge in [-0.3, -0.25) is 0 Å². The molecule has 2 rings (SSSR count). The molecule has 0 aliphatic rings. The van der Waals surface area contributed by atoms with Crippen LogP contribution in [0, 0.1) is 6.92 Å². The lowest BCUT2D eigenvalue weighted by Gasteiger charge is -2.16. The highest BCUT2D eigenvalue weighted by molar-refractivity contribution is 6.03. The van der Waals surface area contributed by atoms with E-state index in [0.717, 1.165) is 11.1 Å². The van der Waals surface area contributed by atoms with Crippen molar-refractivity contribution in [2.75, 3.05) is 10.6 Å². The topological polar surface area (TPSA) is 98.7 Å². The fourth-order valence-corrected chi connectivity index (χ4v) is 2.50. The summed E-state index contributed by atoms with van der Waals surface area (Å²) in [4.78, 5) is 23.5. The molecule has 0 aliphatic heterocycles. The molecule has 0 amide bonds. The lowest BCUT2D eigenvalue weighted by Crippen LogP contribution is -2.10. The predicted octanol–water partition coefficient (Wildman–Crippen LogP) is 5.42. The highest BCUT2D eigenvalue weighted by Gasteiger charge is 2.19. The van der Waals surface area contributed by atoms with Crippen LogP contribution in [0.3, 0.4) is 0 Å². The summed E-state index contributed by atoms with van der Waals surface area (Å²) in [7, 11) is 0. The number of carboxylic acids is 2. The number of benzene rings is 2. The maximum Gasteiger partial charge on any atom is 0.337 e. The number of carbonyl (C=O) groups is 2. The summed E-state index contributed by atoms with van der Waals surface area (Å²) in [6.07, 6.45) is 3.69. The second-order valence-corrected chi connectivity index (χ2v) is 6.76. The monoisotopic (exact) mass is 380 g/mol. The van der Waals surface area contributed by atoms with E-state index in [1.807, 2.05) is 39.0 Å². The standard InChI is InChI=1S/C22H24N2O4/c1-13(2)5-8-15(4)23-19-11-18(22(27)28)20(12-17(19)21(25)26)24-16-9-6-14(3)7-10-16/h5-12,23-24H,1-4H3,(H,25,26)(H,27,28)/b15-8+. The van der Waals surface area contributed by atoms with Crippen LogP contribution in [0.4, 0.5) is 17.1 Å². The van der Waals surface area contributed by atoms with E-state index in [9.17, 15) is 19.8 Å². The largest absolute Gasteiger partial charge is 0.478 e. The molecule has 0 spiro atoms. The van der Waals surface area contributed by atoms with Crippen LogP contribution in [0.25, 0.3) is 0 Å². The normalized spacial score (nSPS) is 10.9. The van der Waals surface area contributed by atoms with Gasteiger partial charge >= 0.3 is 11.9 Å². The van der Waals surface area contributed by atoms with Gasteiger partial charge in [-0.05, 0) is 58.0 Å². The van der Waals surface area contributed by atoms with Gasteiger partial charge in [0.1, 0.15) is 0 Å². The van der Waals surface area contributed by atoms with Crippen LogP contribution in [0.1, 0.15) is 47.1 Å². The fraction of sp³-hybridized carbons (Fsp3) is 0.182.